The SMILES string of the molecule is NCCN=C1C=CC(=NCCN)c2c1c(O)c1ccn(O)cc-1c2=O.O=C(O)/C=C\C(=O)O. The van der Waals surface area contributed by atoms with Crippen LogP contribution in [-0.2, 0) is 9.59 Å². The van der Waals surface area contributed by atoms with Crippen molar-refractivity contribution in [3.8, 4) is 16.9 Å². The van der Waals surface area contributed by atoms with Crippen molar-refractivity contribution in [2.75, 3.05) is 26.2 Å². The molecule has 1 heterocycles. The topological polar surface area (TPSA) is 214 Å². The Morgan fingerprint density at radius 2 is 1.45 bits per heavy atom. The largest absolute Gasteiger partial charge is 0.507 e. The second-order valence-corrected chi connectivity index (χ2v) is 6.53. The van der Waals surface area contributed by atoms with Crippen molar-refractivity contribution in [3.63, 3.8) is 0 Å². The number of rotatable bonds is 6. The summed E-state index contributed by atoms with van der Waals surface area (Å²) in [6.07, 6.45) is 7.09. The summed E-state index contributed by atoms with van der Waals surface area (Å²) in [5.41, 5.74) is 12.7. The van der Waals surface area contributed by atoms with Gasteiger partial charge in [0.15, 0.2) is 5.43 Å². The van der Waals surface area contributed by atoms with Crippen LogP contribution in [-0.4, -0.2) is 74.8 Å². The van der Waals surface area contributed by atoms with Crippen LogP contribution in [0.1, 0.15) is 11.1 Å². The highest BCUT2D eigenvalue weighted by atomic mass is 16.5. The number of benzene rings is 1. The third-order valence-corrected chi connectivity index (χ3v) is 4.26. The first kappa shape index (κ1) is 25.0. The van der Waals surface area contributed by atoms with Crippen LogP contribution in [0.25, 0.3) is 11.1 Å². The quantitative estimate of drug-likeness (QED) is 0.247. The van der Waals surface area contributed by atoms with Crippen molar-refractivity contribution >= 4 is 23.4 Å². The molecule has 0 aromatic rings. The molecule has 3 rings (SSSR count). The van der Waals surface area contributed by atoms with Gasteiger partial charge in [-0.15, -0.1) is 0 Å². The van der Waals surface area contributed by atoms with E-state index >= 15 is 0 Å². The molecule has 0 atom stereocenters. The number of nitrogens with two attached hydrogens (primary N) is 2. The molecule has 0 saturated heterocycles. The fourth-order valence-electron chi connectivity index (χ4n) is 2.97. The van der Waals surface area contributed by atoms with Crippen molar-refractivity contribution < 1.29 is 30.1 Å². The lowest BCUT2D eigenvalue weighted by Crippen LogP contribution is -2.27. The summed E-state index contributed by atoms with van der Waals surface area (Å²) in [5, 5.41) is 36.0. The number of aromatic nitrogens is 1. The van der Waals surface area contributed by atoms with Gasteiger partial charge in [-0.2, -0.15) is 0 Å². The molecule has 0 fully saturated rings. The predicted molar refractivity (Wildman–Crippen MR) is 121 cm³/mol. The lowest BCUT2D eigenvalue weighted by molar-refractivity contribution is -0.134. The number of aromatic hydroxyl groups is 1. The molecule has 33 heavy (non-hydrogen) atoms. The van der Waals surface area contributed by atoms with Gasteiger partial charge < -0.3 is 32.0 Å². The molecule has 8 N–H and O–H groups in total. The summed E-state index contributed by atoms with van der Waals surface area (Å²) < 4.78 is 0.772. The Bertz CT molecular complexity index is 1180. The molecule has 12 heteroatoms. The highest BCUT2D eigenvalue weighted by Crippen LogP contribution is 2.35. The zero-order valence-corrected chi connectivity index (χ0v) is 17.4. The summed E-state index contributed by atoms with van der Waals surface area (Å²) >= 11 is 0. The molecular weight excluding hydrogens is 434 g/mol. The van der Waals surface area contributed by atoms with E-state index in [1.54, 1.807) is 12.2 Å². The second kappa shape index (κ2) is 11.4. The van der Waals surface area contributed by atoms with Gasteiger partial charge in [-0.05, 0) is 18.2 Å². The summed E-state index contributed by atoms with van der Waals surface area (Å²) in [4.78, 5) is 40.8. The molecule has 0 bridgehead atoms. The van der Waals surface area contributed by atoms with E-state index in [4.69, 9.17) is 21.7 Å². The maximum absolute atomic E-state index is 13.0. The number of carboxylic acid groups (broad SMARTS) is 2. The average molecular weight is 457 g/mol. The standard InChI is InChI=1S/C17H19N5O3.C4H4O4/c18-4-6-20-12-1-2-13(21-7-5-19)15-14(12)16(23)10-3-8-22(25)9-11(10)17(15)24;5-3(6)1-2-4(7)8/h1-3,8-9,23,25H,4-7,18-19H2;1-2H,(H,5,6)(H,7,8)/b;2-1-. The molecular formula is C21H23N5O7. The monoisotopic (exact) mass is 457 g/mol. The molecule has 0 radical (unpaired) electrons. The zero-order valence-electron chi connectivity index (χ0n) is 17.4. The first-order chi connectivity index (χ1) is 15.7. The number of carbonyl (C=O) groups is 2. The number of phenols is 1. The number of nitrogens with zero attached hydrogens (tertiary/aromatic N) is 3. The molecule has 2 aliphatic carbocycles. The fraction of sp³-hybridized carbons (Fsp3) is 0.190. The first-order valence-electron chi connectivity index (χ1n) is 9.63. The van der Waals surface area contributed by atoms with Crippen LogP contribution in [0.15, 0.2) is 57.5 Å². The van der Waals surface area contributed by atoms with E-state index in [9.17, 15) is 24.7 Å². The van der Waals surface area contributed by atoms with Crippen LogP contribution >= 0.6 is 0 Å². The fourth-order valence-corrected chi connectivity index (χ4v) is 2.97. The predicted octanol–water partition coefficient (Wildman–Crippen LogP) is -0.327. The number of allylic oxidation sites excluding steroid dienone is 2. The van der Waals surface area contributed by atoms with E-state index in [0.29, 0.717) is 60.9 Å². The van der Waals surface area contributed by atoms with Gasteiger partial charge in [-0.1, -0.05) is 0 Å². The molecule has 12 nitrogen and oxygen atoms in total. The van der Waals surface area contributed by atoms with Gasteiger partial charge in [0.25, 0.3) is 0 Å². The normalized spacial score (nSPS) is 15.0. The Labute approximate surface area is 187 Å². The summed E-state index contributed by atoms with van der Waals surface area (Å²) in [6, 6.07) is 1.47. The first-order valence-corrected chi connectivity index (χ1v) is 9.63. The highest BCUT2D eigenvalue weighted by molar-refractivity contribution is 6.27. The number of carboxylic acids is 2. The number of hydrogen-bond acceptors (Lipinski definition) is 9. The third kappa shape index (κ3) is 6.12. The summed E-state index contributed by atoms with van der Waals surface area (Å²) in [5.74, 6) is -2.59. The Balaban J connectivity index is 0.000000414. The van der Waals surface area contributed by atoms with Crippen LogP contribution in [0, 0.1) is 0 Å². The van der Waals surface area contributed by atoms with Gasteiger partial charge in [-0.25, -0.2) is 14.3 Å². The van der Waals surface area contributed by atoms with Crippen molar-refractivity contribution in [3.05, 3.63) is 64.1 Å². The van der Waals surface area contributed by atoms with Crippen LogP contribution in [0.4, 0.5) is 0 Å². The van der Waals surface area contributed by atoms with Gasteiger partial charge in [-0.3, -0.25) is 14.8 Å². The van der Waals surface area contributed by atoms with Gasteiger partial charge in [0, 0.05) is 37.0 Å². The smallest absolute Gasteiger partial charge is 0.328 e. The van der Waals surface area contributed by atoms with E-state index in [1.807, 2.05) is 0 Å². The molecule has 0 spiro atoms. The number of fused-ring (bicyclic) bond motifs is 2. The van der Waals surface area contributed by atoms with Crippen LogP contribution in [0.5, 0.6) is 5.75 Å². The second-order valence-electron chi connectivity index (χ2n) is 6.53. The van der Waals surface area contributed by atoms with Gasteiger partial charge >= 0.3 is 11.9 Å². The molecule has 0 aromatic heterocycles. The number of phenolic OH excluding ortho intramolecular Hbond substituents is 1. The molecule has 0 amide bonds. The maximum Gasteiger partial charge on any atom is 0.328 e. The van der Waals surface area contributed by atoms with E-state index in [0.717, 1.165) is 4.73 Å². The minimum atomic E-state index is -1.26. The lowest BCUT2D eigenvalue weighted by Gasteiger charge is -2.20. The van der Waals surface area contributed by atoms with Crippen LogP contribution in [0.3, 0.4) is 0 Å². The van der Waals surface area contributed by atoms with Crippen LogP contribution in [0.2, 0.25) is 0 Å². The molecule has 0 aromatic carbocycles. The Morgan fingerprint density at radius 3 is 1.94 bits per heavy atom. The molecule has 174 valence electrons. The van der Waals surface area contributed by atoms with E-state index in [-0.39, 0.29) is 22.3 Å². The highest BCUT2D eigenvalue weighted by Gasteiger charge is 2.28. The lowest BCUT2D eigenvalue weighted by atomic mass is 9.86. The molecule has 3 aliphatic rings. The Hall–Kier alpha value is -4.29. The van der Waals surface area contributed by atoms with Gasteiger partial charge in [0.05, 0.1) is 47.4 Å². The number of aliphatic imine (C=N–C) groups is 2. The molecule has 1 aliphatic heterocycles. The van der Waals surface area contributed by atoms with Crippen molar-refractivity contribution in [1.82, 2.24) is 4.73 Å². The van der Waals surface area contributed by atoms with Crippen molar-refractivity contribution in [2.45, 2.75) is 0 Å². The summed E-state index contributed by atoms with van der Waals surface area (Å²) in [6.45, 7) is 1.40. The van der Waals surface area contributed by atoms with E-state index < -0.39 is 11.9 Å². The number of pyridine rings is 1. The van der Waals surface area contributed by atoms with Gasteiger partial charge in [0.1, 0.15) is 5.75 Å². The Morgan fingerprint density at radius 1 is 0.939 bits per heavy atom. The third-order valence-electron chi connectivity index (χ3n) is 4.26. The number of aliphatic carboxylic acids is 2. The molecule has 0 saturated carbocycles. The van der Waals surface area contributed by atoms with Crippen LogP contribution < -0.4 is 16.9 Å². The maximum atomic E-state index is 13.0. The van der Waals surface area contributed by atoms with Crippen molar-refractivity contribution in [2.24, 2.45) is 21.5 Å². The minimum Gasteiger partial charge on any atom is -0.507 e. The molecule has 0 unspecified atom stereocenters. The van der Waals surface area contributed by atoms with E-state index in [2.05, 4.69) is 9.98 Å². The minimum absolute atomic E-state index is 0.0780. The average Bonchev–Trinajstić information content (AvgIpc) is 2.78. The van der Waals surface area contributed by atoms with Gasteiger partial charge in [0.2, 0.25) is 0 Å². The summed E-state index contributed by atoms with van der Waals surface area (Å²) in [7, 11) is 0. The Kier molecular flexibility index (Phi) is 8.60. The zero-order chi connectivity index (χ0) is 24.5. The van der Waals surface area contributed by atoms with Crippen molar-refractivity contribution in [1.29, 1.82) is 0 Å². The van der Waals surface area contributed by atoms with E-state index in [1.165, 1.54) is 18.5 Å². The number of hydrogen-bond donors (Lipinski definition) is 6.